The van der Waals surface area contributed by atoms with Crippen molar-refractivity contribution in [3.05, 3.63) is 53.9 Å². The van der Waals surface area contributed by atoms with Crippen LogP contribution in [0.4, 0.5) is 11.4 Å². The van der Waals surface area contributed by atoms with Crippen molar-refractivity contribution in [2.75, 3.05) is 23.3 Å². The average molecular weight is 465 g/mol. The van der Waals surface area contributed by atoms with Gasteiger partial charge in [0.25, 0.3) is 5.91 Å². The molecule has 1 aliphatic rings. The molecule has 6 nitrogen and oxygen atoms in total. The van der Waals surface area contributed by atoms with Gasteiger partial charge in [-0.3, -0.25) is 14.6 Å². The van der Waals surface area contributed by atoms with Crippen molar-refractivity contribution in [2.45, 2.75) is 66.8 Å². The highest BCUT2D eigenvalue weighted by Gasteiger charge is 2.22. The molecule has 184 valence electrons. The maximum absolute atomic E-state index is 13.2. The minimum atomic E-state index is -0.144. The first kappa shape index (κ1) is 25.7. The lowest BCUT2D eigenvalue weighted by atomic mass is 9.84. The van der Waals surface area contributed by atoms with Gasteiger partial charge in [-0.15, -0.1) is 0 Å². The number of benzene rings is 1. The molecular formula is C28H40N4O2. The Balaban J connectivity index is 1.75. The number of nitrogens with zero attached hydrogens (tertiary/aromatic N) is 2. The normalized spacial score (nSPS) is 15.6. The van der Waals surface area contributed by atoms with Crippen LogP contribution in [0, 0.1) is 17.3 Å². The molecule has 1 aromatic carbocycles. The Labute approximate surface area is 204 Å². The highest BCUT2D eigenvalue weighted by atomic mass is 16.2. The number of amides is 2. The molecule has 2 heterocycles. The maximum atomic E-state index is 13.2. The number of nitrogens with one attached hydrogen (secondary N) is 2. The zero-order valence-electron chi connectivity index (χ0n) is 21.4. The van der Waals surface area contributed by atoms with Gasteiger partial charge in [-0.25, -0.2) is 0 Å². The average Bonchev–Trinajstić information content (AvgIpc) is 2.77. The van der Waals surface area contributed by atoms with Crippen LogP contribution in [0.5, 0.6) is 0 Å². The number of carbonyl (C=O) groups is 2. The Morgan fingerprint density at radius 2 is 1.91 bits per heavy atom. The summed E-state index contributed by atoms with van der Waals surface area (Å²) in [6.07, 6.45) is 7.14. The summed E-state index contributed by atoms with van der Waals surface area (Å²) in [6, 6.07) is 9.51. The summed E-state index contributed by atoms with van der Waals surface area (Å²) in [5, 5.41) is 6.04. The highest BCUT2D eigenvalue weighted by molar-refractivity contribution is 6.02. The largest absolute Gasteiger partial charge is 0.371 e. The van der Waals surface area contributed by atoms with Gasteiger partial charge in [0.2, 0.25) is 5.91 Å². The summed E-state index contributed by atoms with van der Waals surface area (Å²) in [7, 11) is 0. The van der Waals surface area contributed by atoms with Crippen LogP contribution in [0.1, 0.15) is 76.2 Å². The fourth-order valence-electron chi connectivity index (χ4n) is 4.75. The summed E-state index contributed by atoms with van der Waals surface area (Å²) in [5.41, 5.74) is 3.32. The molecule has 3 rings (SSSR count). The van der Waals surface area contributed by atoms with Crippen LogP contribution in [-0.4, -0.2) is 29.9 Å². The summed E-state index contributed by atoms with van der Waals surface area (Å²) >= 11 is 0. The van der Waals surface area contributed by atoms with Gasteiger partial charge < -0.3 is 15.5 Å². The summed E-state index contributed by atoms with van der Waals surface area (Å²) in [6.45, 7) is 13.2. The van der Waals surface area contributed by atoms with E-state index in [1.165, 1.54) is 0 Å². The van der Waals surface area contributed by atoms with Crippen LogP contribution in [-0.2, 0) is 11.3 Å². The second-order valence-corrected chi connectivity index (χ2v) is 11.1. The van der Waals surface area contributed by atoms with Crippen LogP contribution < -0.4 is 15.5 Å². The molecular weight excluding hydrogens is 424 g/mol. The minimum absolute atomic E-state index is 0.0157. The zero-order valence-corrected chi connectivity index (χ0v) is 21.4. The number of hydrogen-bond acceptors (Lipinski definition) is 4. The van der Waals surface area contributed by atoms with Gasteiger partial charge in [0.15, 0.2) is 0 Å². The number of hydrogen-bond donors (Lipinski definition) is 2. The second-order valence-electron chi connectivity index (χ2n) is 11.1. The number of aromatic nitrogens is 1. The Bertz CT molecular complexity index is 960. The molecule has 0 aliphatic carbocycles. The van der Waals surface area contributed by atoms with Crippen molar-refractivity contribution >= 4 is 23.2 Å². The lowest BCUT2D eigenvalue weighted by Gasteiger charge is -2.33. The number of carbonyl (C=O) groups excluding carboxylic acids is 2. The van der Waals surface area contributed by atoms with Gasteiger partial charge in [-0.1, -0.05) is 40.7 Å². The molecule has 0 radical (unpaired) electrons. The van der Waals surface area contributed by atoms with E-state index in [1.54, 1.807) is 12.4 Å². The van der Waals surface area contributed by atoms with Crippen LogP contribution in [0.3, 0.4) is 0 Å². The van der Waals surface area contributed by atoms with Crippen molar-refractivity contribution < 1.29 is 9.59 Å². The summed E-state index contributed by atoms with van der Waals surface area (Å²) < 4.78 is 0. The molecule has 0 saturated carbocycles. The van der Waals surface area contributed by atoms with E-state index in [0.29, 0.717) is 30.1 Å². The standard InChI is InChI=1S/C28H40N4O2/c1-20-10-13-32(14-11-20)25-9-8-23(31-26(33)15-21(2)17-28(3,4)5)16-24(25)27(34)30-19-22-7-6-12-29-18-22/h6-9,12,16,18,20-21H,10-11,13-15,17,19H2,1-5H3,(H,30,34)(H,31,33). The first-order chi connectivity index (χ1) is 16.1. The molecule has 2 aromatic rings. The molecule has 0 spiro atoms. The molecule has 1 fully saturated rings. The zero-order chi connectivity index (χ0) is 24.7. The monoisotopic (exact) mass is 464 g/mol. The van der Waals surface area contributed by atoms with E-state index in [2.05, 4.69) is 55.1 Å². The van der Waals surface area contributed by atoms with Gasteiger partial charge in [-0.05, 0) is 66.3 Å². The molecule has 1 unspecified atom stereocenters. The minimum Gasteiger partial charge on any atom is -0.371 e. The number of rotatable bonds is 8. The maximum Gasteiger partial charge on any atom is 0.253 e. The van der Waals surface area contributed by atoms with Gasteiger partial charge in [-0.2, -0.15) is 0 Å². The van der Waals surface area contributed by atoms with Crippen molar-refractivity contribution in [3.63, 3.8) is 0 Å². The van der Waals surface area contributed by atoms with Crippen LogP contribution >= 0.6 is 0 Å². The van der Waals surface area contributed by atoms with Gasteiger partial charge in [0.05, 0.1) is 5.56 Å². The van der Waals surface area contributed by atoms with Crippen molar-refractivity contribution in [1.82, 2.24) is 10.3 Å². The van der Waals surface area contributed by atoms with Crippen molar-refractivity contribution in [2.24, 2.45) is 17.3 Å². The van der Waals surface area contributed by atoms with Gasteiger partial charge >= 0.3 is 0 Å². The van der Waals surface area contributed by atoms with Crippen LogP contribution in [0.25, 0.3) is 0 Å². The quantitative estimate of drug-likeness (QED) is 0.529. The predicted octanol–water partition coefficient (Wildman–Crippen LogP) is 5.65. The lowest BCUT2D eigenvalue weighted by molar-refractivity contribution is -0.117. The van der Waals surface area contributed by atoms with E-state index in [-0.39, 0.29) is 23.1 Å². The topological polar surface area (TPSA) is 74.3 Å². The first-order valence-corrected chi connectivity index (χ1v) is 12.5. The molecule has 2 N–H and O–H groups in total. The molecule has 34 heavy (non-hydrogen) atoms. The SMILES string of the molecule is CC1CCN(c2ccc(NC(=O)CC(C)CC(C)(C)C)cc2C(=O)NCc2cccnc2)CC1. The Morgan fingerprint density at radius 3 is 2.56 bits per heavy atom. The van der Waals surface area contributed by atoms with E-state index in [0.717, 1.165) is 43.6 Å². The first-order valence-electron chi connectivity index (χ1n) is 12.5. The summed E-state index contributed by atoms with van der Waals surface area (Å²) in [5.74, 6) is 0.831. The third-order valence-corrected chi connectivity index (χ3v) is 6.32. The molecule has 2 amide bonds. The predicted molar refractivity (Wildman–Crippen MR) is 139 cm³/mol. The molecule has 1 saturated heterocycles. The van der Waals surface area contributed by atoms with Crippen LogP contribution in [0.2, 0.25) is 0 Å². The Morgan fingerprint density at radius 1 is 1.18 bits per heavy atom. The lowest BCUT2D eigenvalue weighted by Crippen LogP contribution is -2.35. The van der Waals surface area contributed by atoms with Gasteiger partial charge in [0, 0.05) is 49.8 Å². The molecule has 1 aliphatic heterocycles. The third kappa shape index (κ3) is 7.86. The fourth-order valence-corrected chi connectivity index (χ4v) is 4.75. The molecule has 1 aromatic heterocycles. The van der Waals surface area contributed by atoms with Crippen molar-refractivity contribution in [3.8, 4) is 0 Å². The van der Waals surface area contributed by atoms with Crippen LogP contribution in [0.15, 0.2) is 42.7 Å². The second kappa shape index (κ2) is 11.5. The molecule has 0 bridgehead atoms. The van der Waals surface area contributed by atoms with E-state index in [1.807, 2.05) is 30.3 Å². The third-order valence-electron chi connectivity index (χ3n) is 6.32. The van der Waals surface area contributed by atoms with Crippen molar-refractivity contribution in [1.29, 1.82) is 0 Å². The van der Waals surface area contributed by atoms with E-state index < -0.39 is 0 Å². The smallest absolute Gasteiger partial charge is 0.253 e. The number of pyridine rings is 1. The summed E-state index contributed by atoms with van der Waals surface area (Å²) in [4.78, 5) is 32.3. The highest BCUT2D eigenvalue weighted by Crippen LogP contribution is 2.30. The number of anilines is 2. The number of piperidine rings is 1. The van der Waals surface area contributed by atoms with E-state index in [9.17, 15) is 9.59 Å². The Hall–Kier alpha value is -2.89. The fraction of sp³-hybridized carbons (Fsp3) is 0.536. The van der Waals surface area contributed by atoms with E-state index >= 15 is 0 Å². The van der Waals surface area contributed by atoms with E-state index in [4.69, 9.17) is 0 Å². The van der Waals surface area contributed by atoms with Gasteiger partial charge in [0.1, 0.15) is 0 Å². The molecule has 1 atom stereocenters. The Kier molecular flexibility index (Phi) is 8.70. The molecule has 6 heteroatoms.